The average Bonchev–Trinajstić information content (AvgIpc) is 3.35. The first-order valence-corrected chi connectivity index (χ1v) is 10.6. The molecule has 7 nitrogen and oxygen atoms in total. The average molecular weight is 400 g/mol. The number of piperidine rings is 1. The summed E-state index contributed by atoms with van der Waals surface area (Å²) in [6, 6.07) is 11.0. The molecule has 8 heteroatoms. The molecule has 2 aromatic heterocycles. The number of likely N-dealkylation sites (tertiary alicyclic amines) is 1. The lowest BCUT2D eigenvalue weighted by molar-refractivity contribution is 0.0946. The standard InChI is InChI=1S/C20H25N5O2S/c26-10-4-8-21-20(27)18-14-25(23-22-18)16-6-3-9-24(12-16)13-17-11-15-5-1-2-7-19(15)28-17/h1-2,5,7,11,14,16,26H,3-4,6,8-10,12-13H2,(H,21,27). The third-order valence-electron chi connectivity index (χ3n) is 5.07. The molecule has 1 amide bonds. The maximum absolute atomic E-state index is 12.1. The number of nitrogens with one attached hydrogen (secondary N) is 1. The number of carbonyl (C=O) groups is 1. The highest BCUT2D eigenvalue weighted by molar-refractivity contribution is 7.19. The molecule has 0 bridgehead atoms. The van der Waals surface area contributed by atoms with Gasteiger partial charge in [-0.15, -0.1) is 16.4 Å². The van der Waals surface area contributed by atoms with Crippen LogP contribution in [0.4, 0.5) is 0 Å². The number of fused-ring (bicyclic) bond motifs is 1. The van der Waals surface area contributed by atoms with Crippen LogP contribution in [0.25, 0.3) is 10.1 Å². The Kier molecular flexibility index (Phi) is 5.99. The van der Waals surface area contributed by atoms with Crippen molar-refractivity contribution in [3.63, 3.8) is 0 Å². The highest BCUT2D eigenvalue weighted by atomic mass is 32.1. The van der Waals surface area contributed by atoms with Crippen LogP contribution in [0.1, 0.15) is 40.7 Å². The molecule has 1 aliphatic heterocycles. The molecular weight excluding hydrogens is 374 g/mol. The molecule has 28 heavy (non-hydrogen) atoms. The first-order valence-electron chi connectivity index (χ1n) is 9.73. The minimum Gasteiger partial charge on any atom is -0.396 e. The van der Waals surface area contributed by atoms with Crippen molar-refractivity contribution >= 4 is 27.3 Å². The molecule has 4 rings (SSSR count). The molecule has 2 N–H and O–H groups in total. The molecule has 0 saturated carbocycles. The van der Waals surface area contributed by atoms with E-state index in [9.17, 15) is 4.79 Å². The smallest absolute Gasteiger partial charge is 0.273 e. The highest BCUT2D eigenvalue weighted by Gasteiger charge is 2.24. The Morgan fingerprint density at radius 1 is 1.36 bits per heavy atom. The van der Waals surface area contributed by atoms with Crippen LogP contribution in [0.2, 0.25) is 0 Å². The molecule has 148 valence electrons. The summed E-state index contributed by atoms with van der Waals surface area (Å²) in [5.74, 6) is -0.238. The lowest BCUT2D eigenvalue weighted by Crippen LogP contribution is -2.36. The number of amides is 1. The second-order valence-corrected chi connectivity index (χ2v) is 8.37. The van der Waals surface area contributed by atoms with Crippen molar-refractivity contribution in [1.82, 2.24) is 25.2 Å². The van der Waals surface area contributed by atoms with E-state index in [0.29, 0.717) is 18.7 Å². The van der Waals surface area contributed by atoms with E-state index in [-0.39, 0.29) is 18.6 Å². The third kappa shape index (κ3) is 4.40. The first kappa shape index (κ1) is 19.0. The molecule has 1 unspecified atom stereocenters. The molecule has 1 saturated heterocycles. The van der Waals surface area contributed by atoms with Crippen molar-refractivity contribution in [2.24, 2.45) is 0 Å². The van der Waals surface area contributed by atoms with Gasteiger partial charge in [-0.2, -0.15) is 0 Å². The fourth-order valence-electron chi connectivity index (χ4n) is 3.66. The van der Waals surface area contributed by atoms with E-state index >= 15 is 0 Å². The van der Waals surface area contributed by atoms with Gasteiger partial charge >= 0.3 is 0 Å². The second-order valence-electron chi connectivity index (χ2n) is 7.20. The number of hydrogen-bond acceptors (Lipinski definition) is 6. The van der Waals surface area contributed by atoms with Gasteiger partial charge in [-0.1, -0.05) is 23.4 Å². The summed E-state index contributed by atoms with van der Waals surface area (Å²) in [5.41, 5.74) is 0.333. The fraction of sp³-hybridized carbons (Fsp3) is 0.450. The van der Waals surface area contributed by atoms with Gasteiger partial charge in [0.2, 0.25) is 0 Å². The number of hydrogen-bond donors (Lipinski definition) is 2. The molecular formula is C20H25N5O2S. The van der Waals surface area contributed by atoms with E-state index in [2.05, 4.69) is 50.9 Å². The van der Waals surface area contributed by atoms with Gasteiger partial charge < -0.3 is 10.4 Å². The summed E-state index contributed by atoms with van der Waals surface area (Å²) in [7, 11) is 0. The van der Waals surface area contributed by atoms with Crippen molar-refractivity contribution in [3.05, 3.63) is 47.1 Å². The van der Waals surface area contributed by atoms with Crippen LogP contribution in [0.15, 0.2) is 36.5 Å². The monoisotopic (exact) mass is 399 g/mol. The lowest BCUT2D eigenvalue weighted by Gasteiger charge is -2.32. The fourth-order valence-corrected chi connectivity index (χ4v) is 4.76. The number of aliphatic hydroxyl groups is 1. The van der Waals surface area contributed by atoms with Gasteiger partial charge in [-0.25, -0.2) is 4.68 Å². The molecule has 0 radical (unpaired) electrons. The minimum absolute atomic E-state index is 0.0602. The van der Waals surface area contributed by atoms with Gasteiger partial charge in [-0.05, 0) is 43.3 Å². The van der Waals surface area contributed by atoms with Crippen LogP contribution in [0.5, 0.6) is 0 Å². The number of nitrogens with zero attached hydrogens (tertiary/aromatic N) is 4. The molecule has 1 atom stereocenters. The summed E-state index contributed by atoms with van der Waals surface area (Å²) in [6.45, 7) is 3.43. The van der Waals surface area contributed by atoms with Crippen molar-refractivity contribution in [1.29, 1.82) is 0 Å². The van der Waals surface area contributed by atoms with Crippen LogP contribution in [0, 0.1) is 0 Å². The van der Waals surface area contributed by atoms with Crippen molar-refractivity contribution in [3.8, 4) is 0 Å². The largest absolute Gasteiger partial charge is 0.396 e. The van der Waals surface area contributed by atoms with Gasteiger partial charge in [0.05, 0.1) is 12.2 Å². The van der Waals surface area contributed by atoms with Crippen LogP contribution in [-0.4, -0.2) is 57.1 Å². The van der Waals surface area contributed by atoms with Crippen molar-refractivity contribution in [2.75, 3.05) is 26.2 Å². The second kappa shape index (κ2) is 8.81. The van der Waals surface area contributed by atoms with Crippen LogP contribution in [0.3, 0.4) is 0 Å². The first-order chi connectivity index (χ1) is 13.7. The summed E-state index contributed by atoms with van der Waals surface area (Å²) in [6.07, 6.45) is 4.42. The molecule has 1 aromatic carbocycles. The summed E-state index contributed by atoms with van der Waals surface area (Å²) in [4.78, 5) is 15.9. The Morgan fingerprint density at radius 3 is 3.11 bits per heavy atom. The summed E-state index contributed by atoms with van der Waals surface area (Å²) >= 11 is 1.86. The molecule has 3 aromatic rings. The zero-order chi connectivity index (χ0) is 19.3. The number of aromatic nitrogens is 3. The Balaban J connectivity index is 1.37. The number of aliphatic hydroxyl groups excluding tert-OH is 1. The van der Waals surface area contributed by atoms with Gasteiger partial charge in [0.25, 0.3) is 5.91 Å². The summed E-state index contributed by atoms with van der Waals surface area (Å²) < 4.78 is 3.16. The van der Waals surface area contributed by atoms with E-state index in [1.165, 1.54) is 15.0 Å². The van der Waals surface area contributed by atoms with Crippen LogP contribution in [-0.2, 0) is 6.54 Å². The van der Waals surface area contributed by atoms with Gasteiger partial charge in [0.15, 0.2) is 5.69 Å². The van der Waals surface area contributed by atoms with E-state index in [1.54, 1.807) is 6.20 Å². The zero-order valence-corrected chi connectivity index (χ0v) is 16.6. The number of carbonyl (C=O) groups excluding carboxylic acids is 1. The Hall–Kier alpha value is -2.29. The Bertz CT molecular complexity index is 904. The van der Waals surface area contributed by atoms with Crippen molar-refractivity contribution in [2.45, 2.75) is 31.8 Å². The maximum atomic E-state index is 12.1. The highest BCUT2D eigenvalue weighted by Crippen LogP contribution is 2.28. The predicted octanol–water partition coefficient (Wildman–Crippen LogP) is 2.44. The zero-order valence-electron chi connectivity index (χ0n) is 15.8. The van der Waals surface area contributed by atoms with E-state index in [1.807, 2.05) is 16.0 Å². The van der Waals surface area contributed by atoms with Gasteiger partial charge in [-0.3, -0.25) is 9.69 Å². The molecule has 3 heterocycles. The normalized spacial score (nSPS) is 17.8. The van der Waals surface area contributed by atoms with E-state index in [0.717, 1.165) is 32.5 Å². The molecule has 1 aliphatic rings. The number of thiophene rings is 1. The Labute approximate surface area is 168 Å². The lowest BCUT2D eigenvalue weighted by atomic mass is 10.1. The van der Waals surface area contributed by atoms with Gasteiger partial charge in [0, 0.05) is 35.8 Å². The van der Waals surface area contributed by atoms with E-state index < -0.39 is 0 Å². The SMILES string of the molecule is O=C(NCCCO)c1cn(C2CCCN(Cc3cc4ccccc4s3)C2)nn1. The molecule has 0 aliphatic carbocycles. The number of benzene rings is 1. The van der Waals surface area contributed by atoms with Crippen molar-refractivity contribution < 1.29 is 9.90 Å². The van der Waals surface area contributed by atoms with Crippen LogP contribution >= 0.6 is 11.3 Å². The Morgan fingerprint density at radius 2 is 2.25 bits per heavy atom. The van der Waals surface area contributed by atoms with Gasteiger partial charge in [0.1, 0.15) is 0 Å². The molecule has 0 spiro atoms. The minimum atomic E-state index is -0.238. The number of rotatable bonds is 7. The molecule has 1 fully saturated rings. The predicted molar refractivity (Wildman–Crippen MR) is 109 cm³/mol. The quantitative estimate of drug-likeness (QED) is 0.596. The third-order valence-corrected chi connectivity index (χ3v) is 6.17. The topological polar surface area (TPSA) is 83.3 Å². The van der Waals surface area contributed by atoms with Crippen LogP contribution < -0.4 is 5.32 Å². The van der Waals surface area contributed by atoms with E-state index in [4.69, 9.17) is 5.11 Å². The summed E-state index contributed by atoms with van der Waals surface area (Å²) in [5, 5.41) is 21.1. The maximum Gasteiger partial charge on any atom is 0.273 e.